The largest absolute Gasteiger partial charge is 0.337 e. The minimum absolute atomic E-state index is 0.0291. The van der Waals surface area contributed by atoms with Crippen LogP contribution < -0.4 is 0 Å². The Balaban J connectivity index is 1.89. The maximum Gasteiger partial charge on any atom is 0.228 e. The highest BCUT2D eigenvalue weighted by molar-refractivity contribution is 7.91. The number of benzene rings is 1. The first-order chi connectivity index (χ1) is 12.9. The number of aryl methyl sites for hydroxylation is 1. The molecule has 0 amide bonds. The highest BCUT2D eigenvalue weighted by Gasteiger charge is 2.22. The van der Waals surface area contributed by atoms with Crippen LogP contribution in [0.15, 0.2) is 54.1 Å². The zero-order valence-electron chi connectivity index (χ0n) is 15.9. The van der Waals surface area contributed by atoms with Crippen LogP contribution in [0.5, 0.6) is 0 Å². The molecule has 27 heavy (non-hydrogen) atoms. The molecule has 0 atom stereocenters. The number of nitrogens with zero attached hydrogens (tertiary/aromatic N) is 5. The predicted octanol–water partition coefficient (Wildman–Crippen LogP) is 2.09. The van der Waals surface area contributed by atoms with Crippen molar-refractivity contribution in [1.29, 1.82) is 0 Å². The molecule has 0 N–H and O–H groups in total. The minimum atomic E-state index is -3.40. The highest BCUT2D eigenvalue weighted by atomic mass is 32.2. The lowest BCUT2D eigenvalue weighted by atomic mass is 10.2. The van der Waals surface area contributed by atoms with E-state index in [0.717, 1.165) is 17.1 Å². The number of imidazole rings is 2. The van der Waals surface area contributed by atoms with Crippen molar-refractivity contribution in [2.75, 3.05) is 12.8 Å². The van der Waals surface area contributed by atoms with Crippen LogP contribution in [0.2, 0.25) is 0 Å². The molecule has 0 saturated carbocycles. The molecule has 1 aromatic carbocycles. The van der Waals surface area contributed by atoms with Gasteiger partial charge in [-0.25, -0.2) is 18.4 Å². The van der Waals surface area contributed by atoms with Gasteiger partial charge in [0.2, 0.25) is 15.0 Å². The molecular formula is C19H25N5O2S. The second-order valence-electron chi connectivity index (χ2n) is 6.63. The van der Waals surface area contributed by atoms with Crippen LogP contribution in [0, 0.1) is 0 Å². The lowest BCUT2D eigenvalue weighted by Gasteiger charge is -2.18. The predicted molar refractivity (Wildman–Crippen MR) is 104 cm³/mol. The molecule has 0 aliphatic carbocycles. The number of aromatic nitrogens is 4. The molecule has 0 aliphatic heterocycles. The quantitative estimate of drug-likeness (QED) is 0.592. The molecule has 0 fully saturated rings. The summed E-state index contributed by atoms with van der Waals surface area (Å²) in [4.78, 5) is 10.7. The molecule has 0 spiro atoms. The molecule has 2 aromatic heterocycles. The van der Waals surface area contributed by atoms with Crippen LogP contribution in [-0.4, -0.2) is 45.2 Å². The third-order valence-electron chi connectivity index (χ3n) is 4.51. The van der Waals surface area contributed by atoms with Gasteiger partial charge in [0.25, 0.3) is 0 Å². The first-order valence-electron chi connectivity index (χ1n) is 8.86. The van der Waals surface area contributed by atoms with Crippen molar-refractivity contribution in [3.63, 3.8) is 0 Å². The van der Waals surface area contributed by atoms with Crippen LogP contribution in [0.4, 0.5) is 0 Å². The molecule has 3 aromatic rings. The van der Waals surface area contributed by atoms with Gasteiger partial charge in [-0.05, 0) is 12.6 Å². The van der Waals surface area contributed by atoms with E-state index in [1.54, 1.807) is 19.3 Å². The summed E-state index contributed by atoms with van der Waals surface area (Å²) < 4.78 is 28.8. The summed E-state index contributed by atoms with van der Waals surface area (Å²) in [5.41, 5.74) is 1.90. The standard InChI is InChI=1S/C19H25N5O2S/c1-4-27(25,26)19-21-12-17(24(19)13-16-8-6-5-7-9-16)14-22(2)15-18-20-10-11-23(18)3/h5-12H,4,13-15H2,1-3H3. The van der Waals surface area contributed by atoms with E-state index in [9.17, 15) is 8.42 Å². The molecule has 7 nitrogen and oxygen atoms in total. The van der Waals surface area contributed by atoms with E-state index in [1.807, 2.05) is 59.8 Å². The lowest BCUT2D eigenvalue weighted by Crippen LogP contribution is -2.22. The summed E-state index contributed by atoms with van der Waals surface area (Å²) in [6, 6.07) is 9.83. The van der Waals surface area contributed by atoms with Gasteiger partial charge in [-0.3, -0.25) is 4.90 Å². The van der Waals surface area contributed by atoms with E-state index in [0.29, 0.717) is 19.6 Å². The lowest BCUT2D eigenvalue weighted by molar-refractivity contribution is 0.298. The SMILES string of the molecule is CCS(=O)(=O)c1ncc(CN(C)Cc2nccn2C)n1Cc1ccccc1. The molecule has 0 radical (unpaired) electrons. The van der Waals surface area contributed by atoms with Crippen molar-refractivity contribution in [2.24, 2.45) is 7.05 Å². The van der Waals surface area contributed by atoms with Crippen molar-refractivity contribution in [3.8, 4) is 0 Å². The minimum Gasteiger partial charge on any atom is -0.337 e. The van der Waals surface area contributed by atoms with Gasteiger partial charge in [-0.1, -0.05) is 37.3 Å². The number of hydrogen-bond acceptors (Lipinski definition) is 5. The van der Waals surface area contributed by atoms with Gasteiger partial charge in [0.1, 0.15) is 5.82 Å². The van der Waals surface area contributed by atoms with E-state index in [4.69, 9.17) is 0 Å². The average molecular weight is 388 g/mol. The van der Waals surface area contributed by atoms with E-state index in [1.165, 1.54) is 0 Å². The van der Waals surface area contributed by atoms with E-state index in [2.05, 4.69) is 14.9 Å². The fraction of sp³-hybridized carbons (Fsp3) is 0.368. The molecule has 0 bridgehead atoms. The zero-order chi connectivity index (χ0) is 19.4. The zero-order valence-corrected chi connectivity index (χ0v) is 16.7. The molecule has 144 valence electrons. The molecule has 0 aliphatic rings. The topological polar surface area (TPSA) is 73.0 Å². The normalized spacial score (nSPS) is 12.0. The monoisotopic (exact) mass is 387 g/mol. The second-order valence-corrected chi connectivity index (χ2v) is 8.81. The second kappa shape index (κ2) is 8.06. The van der Waals surface area contributed by atoms with Crippen molar-refractivity contribution in [1.82, 2.24) is 24.0 Å². The fourth-order valence-corrected chi connectivity index (χ4v) is 3.94. The van der Waals surface area contributed by atoms with Crippen LogP contribution in [-0.2, 0) is 36.5 Å². The molecule has 0 saturated heterocycles. The van der Waals surface area contributed by atoms with Crippen LogP contribution >= 0.6 is 0 Å². The Kier molecular flexibility index (Phi) is 5.76. The molecule has 8 heteroatoms. The Morgan fingerprint density at radius 2 is 1.85 bits per heavy atom. The van der Waals surface area contributed by atoms with Gasteiger partial charge >= 0.3 is 0 Å². The molecule has 0 unspecified atom stereocenters. The Labute approximate surface area is 160 Å². The number of sulfone groups is 1. The highest BCUT2D eigenvalue weighted by Crippen LogP contribution is 2.17. The maximum atomic E-state index is 12.5. The van der Waals surface area contributed by atoms with Gasteiger partial charge in [-0.15, -0.1) is 0 Å². The summed E-state index contributed by atoms with van der Waals surface area (Å²) in [5, 5.41) is 0.134. The van der Waals surface area contributed by atoms with Crippen LogP contribution in [0.25, 0.3) is 0 Å². The number of hydrogen-bond donors (Lipinski definition) is 0. The first kappa shape index (κ1) is 19.3. The van der Waals surface area contributed by atoms with Gasteiger partial charge in [-0.2, -0.15) is 0 Å². The van der Waals surface area contributed by atoms with Crippen molar-refractivity contribution in [2.45, 2.75) is 31.7 Å². The third-order valence-corrected chi connectivity index (χ3v) is 6.15. The summed E-state index contributed by atoms with van der Waals surface area (Å²) in [6.07, 6.45) is 5.35. The van der Waals surface area contributed by atoms with E-state index in [-0.39, 0.29) is 10.9 Å². The molecule has 3 rings (SSSR count). The first-order valence-corrected chi connectivity index (χ1v) is 10.5. The van der Waals surface area contributed by atoms with Crippen molar-refractivity contribution < 1.29 is 8.42 Å². The third kappa shape index (κ3) is 4.45. The Hall–Kier alpha value is -2.45. The Bertz CT molecular complexity index is 992. The Morgan fingerprint density at radius 3 is 2.48 bits per heavy atom. The fourth-order valence-electron chi connectivity index (χ4n) is 2.95. The van der Waals surface area contributed by atoms with Gasteiger partial charge in [0.05, 0.1) is 30.7 Å². The van der Waals surface area contributed by atoms with Crippen LogP contribution in [0.1, 0.15) is 24.0 Å². The summed E-state index contributed by atoms with van der Waals surface area (Å²) in [5.74, 6) is 0.981. The van der Waals surface area contributed by atoms with Gasteiger partial charge in [0.15, 0.2) is 0 Å². The van der Waals surface area contributed by atoms with E-state index < -0.39 is 9.84 Å². The Morgan fingerprint density at radius 1 is 1.11 bits per heavy atom. The number of rotatable bonds is 8. The van der Waals surface area contributed by atoms with Gasteiger partial charge in [0, 0.05) is 26.0 Å². The summed E-state index contributed by atoms with van der Waals surface area (Å²) in [7, 11) is 0.545. The average Bonchev–Trinajstić information content (AvgIpc) is 3.23. The summed E-state index contributed by atoms with van der Waals surface area (Å²) in [6.45, 7) is 3.35. The van der Waals surface area contributed by atoms with Crippen molar-refractivity contribution >= 4 is 9.84 Å². The summed E-state index contributed by atoms with van der Waals surface area (Å²) >= 11 is 0. The van der Waals surface area contributed by atoms with E-state index >= 15 is 0 Å². The smallest absolute Gasteiger partial charge is 0.228 e. The maximum absolute atomic E-state index is 12.5. The van der Waals surface area contributed by atoms with Gasteiger partial charge < -0.3 is 9.13 Å². The molecule has 2 heterocycles. The molecular weight excluding hydrogens is 362 g/mol. The van der Waals surface area contributed by atoms with Crippen LogP contribution in [0.3, 0.4) is 0 Å². The van der Waals surface area contributed by atoms with Crippen molar-refractivity contribution in [3.05, 3.63) is 66.0 Å².